The van der Waals surface area contributed by atoms with Gasteiger partial charge in [0.1, 0.15) is 0 Å². The standard InChI is InChI=1S/C17H23ClN2O4/c1-11(21)19-14(12-4-6-13(18)7-5-12)10-15(22)20-17(2,3)9-8-16(23)24/h4-7,14H,8-10H2,1-3H3,(H,19,21)(H,20,22)(H,23,24). The summed E-state index contributed by atoms with van der Waals surface area (Å²) in [5.74, 6) is -1.42. The minimum Gasteiger partial charge on any atom is -0.481 e. The van der Waals surface area contributed by atoms with Gasteiger partial charge in [0.25, 0.3) is 0 Å². The molecule has 1 aromatic rings. The molecule has 0 aromatic heterocycles. The highest BCUT2D eigenvalue weighted by Crippen LogP contribution is 2.20. The van der Waals surface area contributed by atoms with Crippen LogP contribution in [0.1, 0.15) is 51.6 Å². The number of carboxylic acids is 1. The van der Waals surface area contributed by atoms with Crippen molar-refractivity contribution in [2.24, 2.45) is 0 Å². The highest BCUT2D eigenvalue weighted by molar-refractivity contribution is 6.30. The predicted molar refractivity (Wildman–Crippen MR) is 91.7 cm³/mol. The second kappa shape index (κ2) is 8.68. The summed E-state index contributed by atoms with van der Waals surface area (Å²) in [6, 6.07) is 6.42. The molecule has 3 N–H and O–H groups in total. The Morgan fingerprint density at radius 2 is 1.79 bits per heavy atom. The molecule has 1 aromatic carbocycles. The molecular formula is C17H23ClN2O4. The molecule has 1 unspecified atom stereocenters. The van der Waals surface area contributed by atoms with Gasteiger partial charge in [0.2, 0.25) is 11.8 Å². The summed E-state index contributed by atoms with van der Waals surface area (Å²) >= 11 is 5.86. The zero-order valence-electron chi connectivity index (χ0n) is 14.1. The van der Waals surface area contributed by atoms with Crippen LogP contribution >= 0.6 is 11.6 Å². The molecule has 7 heteroatoms. The lowest BCUT2D eigenvalue weighted by Gasteiger charge is -2.27. The SMILES string of the molecule is CC(=O)NC(CC(=O)NC(C)(C)CCC(=O)O)c1ccc(Cl)cc1. The van der Waals surface area contributed by atoms with Crippen LogP contribution in [0.4, 0.5) is 0 Å². The summed E-state index contributed by atoms with van der Waals surface area (Å²) in [6.07, 6.45) is 0.344. The van der Waals surface area contributed by atoms with E-state index in [-0.39, 0.29) is 24.7 Å². The third kappa shape index (κ3) is 7.46. The average Bonchev–Trinajstić information content (AvgIpc) is 2.44. The molecule has 6 nitrogen and oxygen atoms in total. The number of carbonyl (C=O) groups excluding carboxylic acids is 2. The van der Waals surface area contributed by atoms with Crippen molar-refractivity contribution in [3.05, 3.63) is 34.9 Å². The maximum absolute atomic E-state index is 12.3. The lowest BCUT2D eigenvalue weighted by molar-refractivity contribution is -0.138. The molecular weight excluding hydrogens is 332 g/mol. The van der Waals surface area contributed by atoms with E-state index in [0.717, 1.165) is 5.56 Å². The van der Waals surface area contributed by atoms with Gasteiger partial charge in [-0.05, 0) is 38.0 Å². The van der Waals surface area contributed by atoms with Crippen molar-refractivity contribution in [3.8, 4) is 0 Å². The van der Waals surface area contributed by atoms with Crippen molar-refractivity contribution in [2.45, 2.75) is 51.6 Å². The molecule has 24 heavy (non-hydrogen) atoms. The first-order chi connectivity index (χ1) is 11.1. The van der Waals surface area contributed by atoms with Gasteiger partial charge < -0.3 is 15.7 Å². The molecule has 0 bridgehead atoms. The first-order valence-corrected chi connectivity index (χ1v) is 8.02. The fraction of sp³-hybridized carbons (Fsp3) is 0.471. The number of carbonyl (C=O) groups is 3. The molecule has 0 saturated carbocycles. The third-order valence-corrected chi connectivity index (χ3v) is 3.73. The number of aliphatic carboxylic acids is 1. The Kier molecular flexibility index (Phi) is 7.22. The number of benzene rings is 1. The van der Waals surface area contributed by atoms with E-state index in [4.69, 9.17) is 16.7 Å². The van der Waals surface area contributed by atoms with Crippen LogP contribution in [0.5, 0.6) is 0 Å². The van der Waals surface area contributed by atoms with Crippen molar-refractivity contribution in [1.82, 2.24) is 10.6 Å². The molecule has 0 saturated heterocycles. The normalized spacial score (nSPS) is 12.3. The Hall–Kier alpha value is -2.08. The van der Waals surface area contributed by atoms with Gasteiger partial charge in [-0.3, -0.25) is 14.4 Å². The highest BCUT2D eigenvalue weighted by Gasteiger charge is 2.24. The van der Waals surface area contributed by atoms with Crippen LogP contribution in [0.25, 0.3) is 0 Å². The zero-order valence-corrected chi connectivity index (χ0v) is 14.8. The van der Waals surface area contributed by atoms with Crippen LogP contribution in [0.15, 0.2) is 24.3 Å². The van der Waals surface area contributed by atoms with Crippen molar-refractivity contribution in [2.75, 3.05) is 0 Å². The molecule has 0 aliphatic rings. The number of hydrogen-bond acceptors (Lipinski definition) is 3. The van der Waals surface area contributed by atoms with Crippen LogP contribution < -0.4 is 10.6 Å². The lowest BCUT2D eigenvalue weighted by atomic mass is 9.97. The molecule has 0 aliphatic carbocycles. The largest absolute Gasteiger partial charge is 0.481 e. The van der Waals surface area contributed by atoms with Crippen LogP contribution in [-0.4, -0.2) is 28.4 Å². The van der Waals surface area contributed by atoms with Crippen molar-refractivity contribution in [1.29, 1.82) is 0 Å². The van der Waals surface area contributed by atoms with E-state index in [0.29, 0.717) is 11.4 Å². The molecule has 0 aliphatic heterocycles. The number of carboxylic acid groups (broad SMARTS) is 1. The molecule has 0 heterocycles. The smallest absolute Gasteiger partial charge is 0.303 e. The Bertz CT molecular complexity index is 599. The second-order valence-electron chi connectivity index (χ2n) is 6.33. The fourth-order valence-electron chi connectivity index (χ4n) is 2.29. The Morgan fingerprint density at radius 3 is 2.29 bits per heavy atom. The molecule has 2 amide bonds. The summed E-state index contributed by atoms with van der Waals surface area (Å²) in [5, 5.41) is 14.9. The van der Waals surface area contributed by atoms with Crippen molar-refractivity contribution >= 4 is 29.4 Å². The molecule has 132 valence electrons. The number of halogens is 1. The van der Waals surface area contributed by atoms with Gasteiger partial charge in [0.15, 0.2) is 0 Å². The van der Waals surface area contributed by atoms with E-state index in [2.05, 4.69) is 10.6 Å². The van der Waals surface area contributed by atoms with Gasteiger partial charge in [-0.2, -0.15) is 0 Å². The summed E-state index contributed by atoms with van der Waals surface area (Å²) < 4.78 is 0. The van der Waals surface area contributed by atoms with Crippen molar-refractivity contribution in [3.63, 3.8) is 0 Å². The topological polar surface area (TPSA) is 95.5 Å². The molecule has 1 atom stereocenters. The fourth-order valence-corrected chi connectivity index (χ4v) is 2.41. The number of amides is 2. The van der Waals surface area contributed by atoms with Crippen LogP contribution in [-0.2, 0) is 14.4 Å². The lowest BCUT2D eigenvalue weighted by Crippen LogP contribution is -2.45. The van der Waals surface area contributed by atoms with E-state index in [1.807, 2.05) is 0 Å². The van der Waals surface area contributed by atoms with E-state index in [1.54, 1.807) is 38.1 Å². The summed E-state index contributed by atoms with van der Waals surface area (Å²) in [6.45, 7) is 4.92. The predicted octanol–water partition coefficient (Wildman–Crippen LogP) is 2.67. The first kappa shape index (κ1) is 20.0. The Morgan fingerprint density at radius 1 is 1.21 bits per heavy atom. The maximum Gasteiger partial charge on any atom is 0.303 e. The Balaban J connectivity index is 2.75. The quantitative estimate of drug-likeness (QED) is 0.668. The van der Waals surface area contributed by atoms with Gasteiger partial charge in [-0.25, -0.2) is 0 Å². The number of hydrogen-bond donors (Lipinski definition) is 3. The molecule has 0 fully saturated rings. The van der Waals surface area contributed by atoms with E-state index < -0.39 is 17.6 Å². The van der Waals surface area contributed by atoms with Gasteiger partial charge >= 0.3 is 5.97 Å². The summed E-state index contributed by atoms with van der Waals surface area (Å²) in [4.78, 5) is 34.4. The zero-order chi connectivity index (χ0) is 18.3. The highest BCUT2D eigenvalue weighted by atomic mass is 35.5. The molecule has 0 spiro atoms. The van der Waals surface area contributed by atoms with Gasteiger partial charge in [0.05, 0.1) is 12.5 Å². The molecule has 1 rings (SSSR count). The minimum absolute atomic E-state index is 0.0282. The number of rotatable bonds is 8. The van der Waals surface area contributed by atoms with Gasteiger partial charge in [0, 0.05) is 23.9 Å². The summed E-state index contributed by atoms with van der Waals surface area (Å²) in [7, 11) is 0. The van der Waals surface area contributed by atoms with E-state index in [9.17, 15) is 14.4 Å². The monoisotopic (exact) mass is 354 g/mol. The Labute approximate surface area is 146 Å². The second-order valence-corrected chi connectivity index (χ2v) is 6.77. The van der Waals surface area contributed by atoms with Crippen molar-refractivity contribution < 1.29 is 19.5 Å². The average molecular weight is 355 g/mol. The maximum atomic E-state index is 12.3. The van der Waals surface area contributed by atoms with E-state index in [1.165, 1.54) is 6.92 Å². The van der Waals surface area contributed by atoms with Crippen LogP contribution in [0, 0.1) is 0 Å². The summed E-state index contributed by atoms with van der Waals surface area (Å²) in [5.41, 5.74) is 0.129. The van der Waals surface area contributed by atoms with Gasteiger partial charge in [-0.15, -0.1) is 0 Å². The first-order valence-electron chi connectivity index (χ1n) is 7.64. The third-order valence-electron chi connectivity index (χ3n) is 3.48. The van der Waals surface area contributed by atoms with Crippen LogP contribution in [0.2, 0.25) is 5.02 Å². The van der Waals surface area contributed by atoms with Gasteiger partial charge in [-0.1, -0.05) is 23.7 Å². The number of nitrogens with one attached hydrogen (secondary N) is 2. The molecule has 0 radical (unpaired) electrons. The van der Waals surface area contributed by atoms with Crippen LogP contribution in [0.3, 0.4) is 0 Å². The van der Waals surface area contributed by atoms with E-state index >= 15 is 0 Å². The minimum atomic E-state index is -0.908.